The molecule has 1 amide bonds. The number of primary amides is 1. The molecule has 0 saturated carbocycles. The van der Waals surface area contributed by atoms with Gasteiger partial charge in [-0.25, -0.2) is 4.98 Å². The monoisotopic (exact) mass is 278 g/mol. The van der Waals surface area contributed by atoms with E-state index >= 15 is 0 Å². The van der Waals surface area contributed by atoms with Crippen LogP contribution >= 0.6 is 11.6 Å². The number of nitrogens with two attached hydrogens (primary N) is 1. The van der Waals surface area contributed by atoms with E-state index < -0.39 is 12.0 Å². The molecule has 5 heteroatoms. The van der Waals surface area contributed by atoms with Crippen LogP contribution in [0, 0.1) is 13.8 Å². The van der Waals surface area contributed by atoms with Crippen LogP contribution in [-0.4, -0.2) is 17.0 Å². The maximum Gasteiger partial charge on any atom is 0.258 e. The number of amides is 1. The maximum absolute atomic E-state index is 11.1. The molecule has 0 aliphatic rings. The number of carbonyl (C=O) groups excluding carboxylic acids is 1. The van der Waals surface area contributed by atoms with Gasteiger partial charge in [0.05, 0.1) is 5.02 Å². The summed E-state index contributed by atoms with van der Waals surface area (Å²) in [5.74, 6) is -0.00928. The first kappa shape index (κ1) is 13.6. The van der Waals surface area contributed by atoms with Crippen molar-refractivity contribution in [1.82, 2.24) is 4.98 Å². The van der Waals surface area contributed by atoms with Crippen molar-refractivity contribution in [1.29, 1.82) is 0 Å². The topological polar surface area (TPSA) is 65.2 Å². The molecule has 0 aliphatic heterocycles. The van der Waals surface area contributed by atoms with Gasteiger partial charge in [-0.1, -0.05) is 11.6 Å². The largest absolute Gasteiger partial charge is 0.479 e. The molecule has 1 aromatic heterocycles. The number of nitrogens with zero attached hydrogens (tertiary/aromatic N) is 1. The zero-order valence-electron chi connectivity index (χ0n) is 11.0. The van der Waals surface area contributed by atoms with E-state index in [0.29, 0.717) is 16.3 Å². The van der Waals surface area contributed by atoms with Gasteiger partial charge < -0.3 is 10.5 Å². The summed E-state index contributed by atoms with van der Waals surface area (Å²) in [4.78, 5) is 15.5. The van der Waals surface area contributed by atoms with Gasteiger partial charge in [-0.2, -0.15) is 0 Å². The van der Waals surface area contributed by atoms with Gasteiger partial charge in [0.25, 0.3) is 5.91 Å². The lowest BCUT2D eigenvalue weighted by Gasteiger charge is -2.15. The molecule has 0 saturated heterocycles. The van der Waals surface area contributed by atoms with Crippen LogP contribution in [0.25, 0.3) is 10.9 Å². The molecule has 19 heavy (non-hydrogen) atoms. The highest BCUT2D eigenvalue weighted by Gasteiger charge is 2.15. The van der Waals surface area contributed by atoms with Crippen molar-refractivity contribution in [3.63, 3.8) is 0 Å². The molecule has 100 valence electrons. The maximum atomic E-state index is 11.1. The SMILES string of the molecule is Cc1cc(C)c2c(Cl)ccc(OC(C)C(N)=O)c2n1. The van der Waals surface area contributed by atoms with Crippen molar-refractivity contribution in [3.8, 4) is 5.75 Å². The molecule has 0 bridgehead atoms. The van der Waals surface area contributed by atoms with Gasteiger partial charge >= 0.3 is 0 Å². The number of pyridine rings is 1. The molecule has 1 unspecified atom stereocenters. The van der Waals surface area contributed by atoms with E-state index in [4.69, 9.17) is 22.1 Å². The molecule has 1 heterocycles. The number of carbonyl (C=O) groups is 1. The molecule has 0 radical (unpaired) electrons. The Labute approximate surface area is 116 Å². The first-order chi connectivity index (χ1) is 8.90. The van der Waals surface area contributed by atoms with E-state index in [1.807, 2.05) is 19.9 Å². The third-order valence-electron chi connectivity index (χ3n) is 2.90. The smallest absolute Gasteiger partial charge is 0.258 e. The second kappa shape index (κ2) is 5.05. The first-order valence-corrected chi connectivity index (χ1v) is 6.30. The van der Waals surface area contributed by atoms with Crippen molar-refractivity contribution in [3.05, 3.63) is 34.5 Å². The minimum Gasteiger partial charge on any atom is -0.479 e. The highest BCUT2D eigenvalue weighted by atomic mass is 35.5. The van der Waals surface area contributed by atoms with Crippen molar-refractivity contribution >= 4 is 28.4 Å². The zero-order valence-corrected chi connectivity index (χ0v) is 11.8. The number of ether oxygens (including phenoxy) is 1. The number of benzene rings is 1. The van der Waals surface area contributed by atoms with Crippen LogP contribution in [0.4, 0.5) is 0 Å². The number of hydrogen-bond acceptors (Lipinski definition) is 3. The fourth-order valence-electron chi connectivity index (χ4n) is 1.97. The van der Waals surface area contributed by atoms with E-state index in [2.05, 4.69) is 4.98 Å². The number of halogens is 1. The minimum atomic E-state index is -0.716. The molecule has 0 fully saturated rings. The normalized spacial score (nSPS) is 12.4. The summed E-state index contributed by atoms with van der Waals surface area (Å²) in [6.07, 6.45) is -0.716. The van der Waals surface area contributed by atoms with Crippen LogP contribution in [0.3, 0.4) is 0 Å². The Morgan fingerprint density at radius 2 is 2.11 bits per heavy atom. The number of rotatable bonds is 3. The Hall–Kier alpha value is -1.81. The third-order valence-corrected chi connectivity index (χ3v) is 3.22. The van der Waals surface area contributed by atoms with Gasteiger partial charge in [-0.3, -0.25) is 4.79 Å². The third kappa shape index (κ3) is 2.63. The van der Waals surface area contributed by atoms with Gasteiger partial charge in [0.15, 0.2) is 6.10 Å². The molecular formula is C14H15ClN2O2. The average molecular weight is 279 g/mol. The predicted molar refractivity (Wildman–Crippen MR) is 75.5 cm³/mol. The fourth-order valence-corrected chi connectivity index (χ4v) is 2.27. The lowest BCUT2D eigenvalue weighted by atomic mass is 10.1. The second-order valence-corrected chi connectivity index (χ2v) is 4.92. The van der Waals surface area contributed by atoms with E-state index in [-0.39, 0.29) is 0 Å². The number of fused-ring (bicyclic) bond motifs is 1. The lowest BCUT2D eigenvalue weighted by molar-refractivity contribution is -0.123. The van der Waals surface area contributed by atoms with Gasteiger partial charge in [0, 0.05) is 11.1 Å². The van der Waals surface area contributed by atoms with Crippen molar-refractivity contribution in [2.24, 2.45) is 5.73 Å². The van der Waals surface area contributed by atoms with E-state index in [0.717, 1.165) is 16.6 Å². The van der Waals surface area contributed by atoms with E-state index in [9.17, 15) is 4.79 Å². The zero-order chi connectivity index (χ0) is 14.2. The molecule has 1 atom stereocenters. The van der Waals surface area contributed by atoms with Crippen LogP contribution < -0.4 is 10.5 Å². The highest BCUT2D eigenvalue weighted by Crippen LogP contribution is 2.33. The lowest BCUT2D eigenvalue weighted by Crippen LogP contribution is -2.30. The van der Waals surface area contributed by atoms with Crippen LogP contribution in [0.15, 0.2) is 18.2 Å². The standard InChI is InChI=1S/C14H15ClN2O2/c1-7-6-8(2)17-13-11(19-9(3)14(16)18)5-4-10(15)12(7)13/h4-6,9H,1-3H3,(H2,16,18). The molecular weight excluding hydrogens is 264 g/mol. The quantitative estimate of drug-likeness (QED) is 0.939. The fraction of sp³-hybridized carbons (Fsp3) is 0.286. The van der Waals surface area contributed by atoms with Crippen molar-refractivity contribution in [2.75, 3.05) is 0 Å². The summed E-state index contributed by atoms with van der Waals surface area (Å²) in [5.41, 5.74) is 7.74. The number of aryl methyl sites for hydroxylation is 2. The summed E-state index contributed by atoms with van der Waals surface area (Å²) in [6.45, 7) is 5.46. The molecule has 2 aromatic rings. The molecule has 4 nitrogen and oxygen atoms in total. The van der Waals surface area contributed by atoms with Crippen LogP contribution in [0.5, 0.6) is 5.75 Å². The van der Waals surface area contributed by atoms with Crippen molar-refractivity contribution in [2.45, 2.75) is 26.9 Å². The summed E-state index contributed by atoms with van der Waals surface area (Å²) >= 11 is 6.20. The number of hydrogen-bond donors (Lipinski definition) is 1. The molecule has 0 spiro atoms. The van der Waals surface area contributed by atoms with E-state index in [1.54, 1.807) is 19.1 Å². The summed E-state index contributed by atoms with van der Waals surface area (Å²) in [7, 11) is 0. The highest BCUT2D eigenvalue weighted by molar-refractivity contribution is 6.35. The van der Waals surface area contributed by atoms with Crippen LogP contribution in [0.2, 0.25) is 5.02 Å². The molecule has 2 rings (SSSR count). The van der Waals surface area contributed by atoms with Crippen molar-refractivity contribution < 1.29 is 9.53 Å². The Balaban J connectivity index is 2.63. The van der Waals surface area contributed by atoms with Gasteiger partial charge in [0.2, 0.25) is 0 Å². The molecule has 0 aliphatic carbocycles. The summed E-state index contributed by atoms with van der Waals surface area (Å²) in [5, 5.41) is 1.44. The Kier molecular flexibility index (Phi) is 3.62. The Bertz CT molecular complexity index is 655. The first-order valence-electron chi connectivity index (χ1n) is 5.92. The van der Waals surface area contributed by atoms with Gasteiger partial charge in [-0.05, 0) is 44.5 Å². The van der Waals surface area contributed by atoms with Crippen LogP contribution in [-0.2, 0) is 4.79 Å². The van der Waals surface area contributed by atoms with Crippen LogP contribution in [0.1, 0.15) is 18.2 Å². The minimum absolute atomic E-state index is 0.512. The molecule has 2 N–H and O–H groups in total. The van der Waals surface area contributed by atoms with E-state index in [1.165, 1.54) is 0 Å². The summed E-state index contributed by atoms with van der Waals surface area (Å²) in [6, 6.07) is 5.39. The Morgan fingerprint density at radius 3 is 2.74 bits per heavy atom. The predicted octanol–water partition coefficient (Wildman–Crippen LogP) is 2.76. The molecule has 1 aromatic carbocycles. The Morgan fingerprint density at radius 1 is 1.42 bits per heavy atom. The van der Waals surface area contributed by atoms with Gasteiger partial charge in [-0.15, -0.1) is 0 Å². The van der Waals surface area contributed by atoms with Gasteiger partial charge in [0.1, 0.15) is 11.3 Å². The average Bonchev–Trinajstić information content (AvgIpc) is 2.31. The summed E-state index contributed by atoms with van der Waals surface area (Å²) < 4.78 is 5.56. The second-order valence-electron chi connectivity index (χ2n) is 4.51. The number of aromatic nitrogens is 1.